The number of hydrogen-bond donors (Lipinski definition) is 1. The van der Waals surface area contributed by atoms with Crippen LogP contribution in [-0.2, 0) is 4.79 Å². The van der Waals surface area contributed by atoms with E-state index in [1.54, 1.807) is 0 Å². The number of rotatable bonds is 3. The van der Waals surface area contributed by atoms with Gasteiger partial charge in [-0.05, 0) is 29.7 Å². The summed E-state index contributed by atoms with van der Waals surface area (Å²) in [6.07, 6.45) is 3.50. The molecule has 0 saturated carbocycles. The topological polar surface area (TPSA) is 42.0 Å². The lowest BCUT2D eigenvalue weighted by atomic mass is 9.92. The molecule has 2 rings (SSSR count). The lowest BCUT2D eigenvalue weighted by molar-refractivity contribution is -0.122. The van der Waals surface area contributed by atoms with Gasteiger partial charge in [0.1, 0.15) is 0 Å². The summed E-state index contributed by atoms with van der Waals surface area (Å²) in [6, 6.07) is 4.10. The Hall–Kier alpha value is -1.03. The SMILES string of the molecule is CC(C)(C)CC(=O)NCC1CCSc2cccnc21. The Labute approximate surface area is 119 Å². The fourth-order valence-corrected chi connectivity index (χ4v) is 3.42. The van der Waals surface area contributed by atoms with Gasteiger partial charge in [0.2, 0.25) is 5.91 Å². The van der Waals surface area contributed by atoms with Crippen molar-refractivity contribution in [2.45, 2.75) is 44.4 Å². The van der Waals surface area contributed by atoms with Crippen molar-refractivity contribution >= 4 is 17.7 Å². The maximum absolute atomic E-state index is 11.9. The highest BCUT2D eigenvalue weighted by Gasteiger charge is 2.23. The zero-order chi connectivity index (χ0) is 13.9. The van der Waals surface area contributed by atoms with E-state index in [1.807, 2.05) is 24.0 Å². The van der Waals surface area contributed by atoms with E-state index in [2.05, 4.69) is 37.1 Å². The molecule has 1 unspecified atom stereocenters. The summed E-state index contributed by atoms with van der Waals surface area (Å²) < 4.78 is 0. The molecule has 1 atom stereocenters. The van der Waals surface area contributed by atoms with Crippen molar-refractivity contribution in [3.05, 3.63) is 24.0 Å². The minimum Gasteiger partial charge on any atom is -0.355 e. The van der Waals surface area contributed by atoms with E-state index < -0.39 is 0 Å². The average molecular weight is 278 g/mol. The van der Waals surface area contributed by atoms with Crippen LogP contribution >= 0.6 is 11.8 Å². The van der Waals surface area contributed by atoms with Gasteiger partial charge in [-0.15, -0.1) is 11.8 Å². The molecule has 3 nitrogen and oxygen atoms in total. The van der Waals surface area contributed by atoms with Gasteiger partial charge in [-0.2, -0.15) is 0 Å². The summed E-state index contributed by atoms with van der Waals surface area (Å²) in [4.78, 5) is 17.6. The number of nitrogens with zero attached hydrogens (tertiary/aromatic N) is 1. The Morgan fingerprint density at radius 1 is 1.53 bits per heavy atom. The molecule has 1 amide bonds. The normalized spacial score (nSPS) is 18.8. The summed E-state index contributed by atoms with van der Waals surface area (Å²) in [7, 11) is 0. The van der Waals surface area contributed by atoms with E-state index in [0.29, 0.717) is 18.9 Å². The maximum atomic E-state index is 11.9. The van der Waals surface area contributed by atoms with Gasteiger partial charge in [-0.1, -0.05) is 20.8 Å². The average Bonchev–Trinajstić information content (AvgIpc) is 2.34. The smallest absolute Gasteiger partial charge is 0.220 e. The molecular formula is C15H22N2OS. The van der Waals surface area contributed by atoms with Crippen LogP contribution < -0.4 is 5.32 Å². The molecule has 0 bridgehead atoms. The number of hydrogen-bond acceptors (Lipinski definition) is 3. The minimum absolute atomic E-state index is 0.0443. The fraction of sp³-hybridized carbons (Fsp3) is 0.600. The number of thioether (sulfide) groups is 1. The zero-order valence-electron chi connectivity index (χ0n) is 11.9. The molecule has 0 spiro atoms. The molecule has 2 heterocycles. The lowest BCUT2D eigenvalue weighted by Gasteiger charge is -2.24. The van der Waals surface area contributed by atoms with Gasteiger partial charge < -0.3 is 5.32 Å². The van der Waals surface area contributed by atoms with Crippen molar-refractivity contribution in [3.63, 3.8) is 0 Å². The largest absolute Gasteiger partial charge is 0.355 e. The number of nitrogens with one attached hydrogen (secondary N) is 1. The summed E-state index contributed by atoms with van der Waals surface area (Å²) in [6.45, 7) is 6.96. The molecule has 1 N–H and O–H groups in total. The first-order valence-electron chi connectivity index (χ1n) is 6.80. The van der Waals surface area contributed by atoms with E-state index in [9.17, 15) is 4.79 Å². The molecule has 0 saturated heterocycles. The quantitative estimate of drug-likeness (QED) is 0.923. The van der Waals surface area contributed by atoms with Gasteiger partial charge in [0, 0.05) is 30.0 Å². The summed E-state index contributed by atoms with van der Waals surface area (Å²) >= 11 is 1.86. The van der Waals surface area contributed by atoms with Gasteiger partial charge in [-0.3, -0.25) is 9.78 Å². The van der Waals surface area contributed by atoms with Crippen molar-refractivity contribution in [3.8, 4) is 0 Å². The maximum Gasteiger partial charge on any atom is 0.220 e. The highest BCUT2D eigenvalue weighted by atomic mass is 32.2. The summed E-state index contributed by atoms with van der Waals surface area (Å²) in [5.74, 6) is 1.61. The highest BCUT2D eigenvalue weighted by molar-refractivity contribution is 7.99. The molecule has 1 aromatic heterocycles. The van der Waals surface area contributed by atoms with E-state index in [1.165, 1.54) is 4.90 Å². The molecule has 0 radical (unpaired) electrons. The van der Waals surface area contributed by atoms with E-state index >= 15 is 0 Å². The number of amides is 1. The molecule has 0 aliphatic carbocycles. The molecule has 0 fully saturated rings. The fourth-order valence-electron chi connectivity index (χ4n) is 2.26. The second-order valence-corrected chi connectivity index (χ2v) is 7.40. The second kappa shape index (κ2) is 5.95. The second-order valence-electron chi connectivity index (χ2n) is 6.26. The molecule has 1 aromatic rings. The molecule has 104 valence electrons. The lowest BCUT2D eigenvalue weighted by Crippen LogP contribution is -2.32. The van der Waals surface area contributed by atoms with Crippen LogP contribution in [0, 0.1) is 5.41 Å². The summed E-state index contributed by atoms with van der Waals surface area (Å²) in [5, 5.41) is 3.06. The zero-order valence-corrected chi connectivity index (χ0v) is 12.7. The first-order chi connectivity index (χ1) is 8.96. The van der Waals surface area contributed by atoms with Gasteiger partial charge in [-0.25, -0.2) is 0 Å². The Morgan fingerprint density at radius 3 is 3.05 bits per heavy atom. The predicted octanol–water partition coefficient (Wildman–Crippen LogP) is 3.21. The highest BCUT2D eigenvalue weighted by Crippen LogP contribution is 2.35. The first-order valence-corrected chi connectivity index (χ1v) is 7.79. The monoisotopic (exact) mass is 278 g/mol. The van der Waals surface area contributed by atoms with Crippen molar-refractivity contribution in [2.75, 3.05) is 12.3 Å². The Bertz CT molecular complexity index is 454. The molecule has 4 heteroatoms. The number of carbonyl (C=O) groups is 1. The minimum atomic E-state index is 0.0443. The number of fused-ring (bicyclic) bond motifs is 1. The Kier molecular flexibility index (Phi) is 4.50. The Balaban J connectivity index is 1.93. The Morgan fingerprint density at radius 2 is 2.32 bits per heavy atom. The molecular weight excluding hydrogens is 256 g/mol. The van der Waals surface area contributed by atoms with Crippen molar-refractivity contribution in [1.82, 2.24) is 10.3 Å². The molecule has 1 aliphatic rings. The van der Waals surface area contributed by atoms with Gasteiger partial charge in [0.05, 0.1) is 5.69 Å². The van der Waals surface area contributed by atoms with E-state index in [-0.39, 0.29) is 11.3 Å². The van der Waals surface area contributed by atoms with Crippen molar-refractivity contribution in [1.29, 1.82) is 0 Å². The number of carbonyl (C=O) groups excluding carboxylic acids is 1. The van der Waals surface area contributed by atoms with Crippen LogP contribution in [0.25, 0.3) is 0 Å². The van der Waals surface area contributed by atoms with Crippen LogP contribution in [0.2, 0.25) is 0 Å². The van der Waals surface area contributed by atoms with E-state index in [0.717, 1.165) is 17.9 Å². The number of pyridine rings is 1. The van der Waals surface area contributed by atoms with Crippen LogP contribution in [0.4, 0.5) is 0 Å². The van der Waals surface area contributed by atoms with Gasteiger partial charge in [0.15, 0.2) is 0 Å². The van der Waals surface area contributed by atoms with Crippen LogP contribution in [-0.4, -0.2) is 23.2 Å². The summed E-state index contributed by atoms with van der Waals surface area (Å²) in [5.41, 5.74) is 1.19. The van der Waals surface area contributed by atoms with Crippen LogP contribution in [0.3, 0.4) is 0 Å². The van der Waals surface area contributed by atoms with Gasteiger partial charge >= 0.3 is 0 Å². The first kappa shape index (κ1) is 14.4. The third-order valence-electron chi connectivity index (χ3n) is 3.15. The van der Waals surface area contributed by atoms with Gasteiger partial charge in [0.25, 0.3) is 0 Å². The van der Waals surface area contributed by atoms with Crippen LogP contribution in [0.5, 0.6) is 0 Å². The number of aromatic nitrogens is 1. The molecule has 1 aliphatic heterocycles. The predicted molar refractivity (Wildman–Crippen MR) is 79.4 cm³/mol. The molecule has 0 aromatic carbocycles. The van der Waals surface area contributed by atoms with E-state index in [4.69, 9.17) is 0 Å². The van der Waals surface area contributed by atoms with Crippen molar-refractivity contribution in [2.24, 2.45) is 5.41 Å². The van der Waals surface area contributed by atoms with Crippen LogP contribution in [0.1, 0.15) is 45.2 Å². The van der Waals surface area contributed by atoms with Crippen LogP contribution in [0.15, 0.2) is 23.2 Å². The van der Waals surface area contributed by atoms with Crippen molar-refractivity contribution < 1.29 is 4.79 Å². The standard InChI is InChI=1S/C15H22N2OS/c1-15(2,3)9-13(18)17-10-11-6-8-19-12-5-4-7-16-14(11)12/h4-5,7,11H,6,8-10H2,1-3H3,(H,17,18). The third-order valence-corrected chi connectivity index (χ3v) is 4.24. The third kappa shape index (κ3) is 4.23. The molecule has 19 heavy (non-hydrogen) atoms.